The van der Waals surface area contributed by atoms with Crippen molar-refractivity contribution in [3.63, 3.8) is 0 Å². The molecule has 1 aliphatic rings. The number of anilines is 3. The standard InChI is InChI=1S/C41H42N6O7/c1-27(6-4-5-22-46-26-33(21-23-48)44-45-46)41(52)36-24-32(43-39(50)30-11-18-35(54-3)19-12-30)15-20-37(36)47(40(41)51)25-28-7-13-31(14-8-28)42-38(49)29-9-16-34(53-2)17-10-29/h4,6-20,24,26-27,48,52H,5,21-23,25H2,1-3H3,(H,42,49)(H,43,50)/b6-4+/t27-,41+/m1/s1. The maximum atomic E-state index is 14.3. The van der Waals surface area contributed by atoms with Gasteiger partial charge in [0.1, 0.15) is 11.5 Å². The van der Waals surface area contributed by atoms with Gasteiger partial charge in [-0.25, -0.2) is 0 Å². The molecular formula is C41H42N6O7. The smallest absolute Gasteiger partial charge is 0.264 e. The Morgan fingerprint density at radius 3 is 2.06 bits per heavy atom. The third-order valence-electron chi connectivity index (χ3n) is 9.35. The number of rotatable bonds is 15. The molecule has 13 nitrogen and oxygen atoms in total. The Hall–Kier alpha value is -6.31. The lowest BCUT2D eigenvalue weighted by atomic mass is 9.82. The second-order valence-corrected chi connectivity index (χ2v) is 12.9. The summed E-state index contributed by atoms with van der Waals surface area (Å²) in [5.41, 5.74) is 2.30. The van der Waals surface area contributed by atoms with Gasteiger partial charge in [-0.2, -0.15) is 0 Å². The summed E-state index contributed by atoms with van der Waals surface area (Å²) in [6.07, 6.45) is 6.45. The molecular weight excluding hydrogens is 688 g/mol. The Labute approximate surface area is 312 Å². The fourth-order valence-corrected chi connectivity index (χ4v) is 6.27. The van der Waals surface area contributed by atoms with Crippen LogP contribution in [0.25, 0.3) is 0 Å². The number of aliphatic hydroxyl groups excluding tert-OH is 1. The van der Waals surface area contributed by atoms with E-state index in [2.05, 4.69) is 20.9 Å². The fraction of sp³-hybridized carbons (Fsp3) is 0.244. The number of carbonyl (C=O) groups excluding carboxylic acids is 3. The number of hydrogen-bond acceptors (Lipinski definition) is 9. The van der Waals surface area contributed by atoms with Crippen LogP contribution in [0, 0.1) is 5.92 Å². The number of allylic oxidation sites excluding steroid dienone is 1. The van der Waals surface area contributed by atoms with Crippen LogP contribution >= 0.6 is 0 Å². The summed E-state index contributed by atoms with van der Waals surface area (Å²) in [5.74, 6) is -0.519. The van der Waals surface area contributed by atoms with Crippen molar-refractivity contribution in [2.45, 2.75) is 38.5 Å². The van der Waals surface area contributed by atoms with Gasteiger partial charge in [-0.3, -0.25) is 19.1 Å². The first-order valence-electron chi connectivity index (χ1n) is 17.5. The third kappa shape index (κ3) is 8.17. The zero-order chi connectivity index (χ0) is 38.2. The summed E-state index contributed by atoms with van der Waals surface area (Å²) in [5, 5.41) is 35.4. The average Bonchev–Trinajstić information content (AvgIpc) is 3.73. The molecule has 0 radical (unpaired) electrons. The molecule has 4 N–H and O–H groups in total. The first kappa shape index (κ1) is 37.4. The monoisotopic (exact) mass is 730 g/mol. The minimum absolute atomic E-state index is 0.0109. The van der Waals surface area contributed by atoms with Crippen molar-refractivity contribution in [2.24, 2.45) is 5.92 Å². The van der Waals surface area contributed by atoms with Crippen LogP contribution in [0.15, 0.2) is 109 Å². The SMILES string of the molecule is COc1ccc(C(=O)Nc2ccc(CN3C(=O)[C@](O)([C@H](C)/C=C/CCn4cc(CCO)nn4)c4cc(NC(=O)c5ccc(OC)cc5)ccc43)cc2)cc1. The van der Waals surface area contributed by atoms with Crippen LogP contribution in [0.1, 0.15) is 50.9 Å². The molecule has 2 atom stereocenters. The molecule has 1 aliphatic heterocycles. The number of fused-ring (bicyclic) bond motifs is 1. The molecule has 6 rings (SSSR count). The van der Waals surface area contributed by atoms with Crippen LogP contribution in [0.5, 0.6) is 11.5 Å². The highest BCUT2D eigenvalue weighted by Gasteiger charge is 2.52. The third-order valence-corrected chi connectivity index (χ3v) is 9.35. The highest BCUT2D eigenvalue weighted by Crippen LogP contribution is 2.47. The number of carbonyl (C=O) groups is 3. The second kappa shape index (κ2) is 16.6. The van der Waals surface area contributed by atoms with E-state index in [-0.39, 0.29) is 25.0 Å². The molecule has 0 fully saturated rings. The quantitative estimate of drug-likeness (QED) is 0.104. The van der Waals surface area contributed by atoms with E-state index in [1.165, 1.54) is 4.90 Å². The molecule has 54 heavy (non-hydrogen) atoms. The summed E-state index contributed by atoms with van der Waals surface area (Å²) in [7, 11) is 3.11. The van der Waals surface area contributed by atoms with Crippen molar-refractivity contribution < 1.29 is 34.1 Å². The van der Waals surface area contributed by atoms with Crippen molar-refractivity contribution in [3.05, 3.63) is 137 Å². The number of benzene rings is 4. The van der Waals surface area contributed by atoms with Crippen molar-refractivity contribution >= 4 is 34.8 Å². The van der Waals surface area contributed by atoms with Gasteiger partial charge in [0.05, 0.1) is 32.1 Å². The molecule has 2 heterocycles. The van der Waals surface area contributed by atoms with E-state index >= 15 is 0 Å². The summed E-state index contributed by atoms with van der Waals surface area (Å²) in [6, 6.07) is 25.7. The van der Waals surface area contributed by atoms with Crippen molar-refractivity contribution in [3.8, 4) is 11.5 Å². The number of amides is 3. The number of aryl methyl sites for hydroxylation is 1. The summed E-state index contributed by atoms with van der Waals surface area (Å²) >= 11 is 0. The molecule has 1 aromatic heterocycles. The lowest BCUT2D eigenvalue weighted by Gasteiger charge is -2.28. The molecule has 3 amide bonds. The molecule has 0 saturated heterocycles. The van der Waals surface area contributed by atoms with E-state index in [0.717, 1.165) is 5.56 Å². The van der Waals surface area contributed by atoms with Gasteiger partial charge < -0.3 is 35.2 Å². The minimum atomic E-state index is -1.94. The zero-order valence-electron chi connectivity index (χ0n) is 30.2. The first-order chi connectivity index (χ1) is 26.1. The van der Waals surface area contributed by atoms with Gasteiger partial charge >= 0.3 is 0 Å². The number of aromatic nitrogens is 3. The first-order valence-corrected chi connectivity index (χ1v) is 17.5. The topological polar surface area (TPSA) is 168 Å². The van der Waals surface area contributed by atoms with Crippen LogP contribution in [0.4, 0.5) is 17.1 Å². The highest BCUT2D eigenvalue weighted by molar-refractivity contribution is 6.09. The average molecular weight is 731 g/mol. The number of ether oxygens (including phenoxy) is 2. The predicted molar refractivity (Wildman–Crippen MR) is 204 cm³/mol. The molecule has 0 spiro atoms. The molecule has 0 saturated carbocycles. The van der Waals surface area contributed by atoms with Crippen LogP contribution in [0.3, 0.4) is 0 Å². The van der Waals surface area contributed by atoms with Crippen LogP contribution < -0.4 is 25.0 Å². The Morgan fingerprint density at radius 1 is 0.870 bits per heavy atom. The number of nitrogens with one attached hydrogen (secondary N) is 2. The summed E-state index contributed by atoms with van der Waals surface area (Å²) in [6.45, 7) is 2.44. The van der Waals surface area contributed by atoms with Crippen LogP contribution in [-0.2, 0) is 29.9 Å². The fourth-order valence-electron chi connectivity index (χ4n) is 6.27. The molecule has 5 aromatic rings. The van der Waals surface area contributed by atoms with E-state index in [4.69, 9.17) is 14.6 Å². The molecule has 4 aromatic carbocycles. The maximum Gasteiger partial charge on any atom is 0.264 e. The van der Waals surface area contributed by atoms with Gasteiger partial charge in [-0.15, -0.1) is 5.10 Å². The van der Waals surface area contributed by atoms with Crippen LogP contribution in [0.2, 0.25) is 0 Å². The van der Waals surface area contributed by atoms with Gasteiger partial charge in [-0.1, -0.05) is 36.4 Å². The van der Waals surface area contributed by atoms with Crippen molar-refractivity contribution in [1.29, 1.82) is 0 Å². The zero-order valence-corrected chi connectivity index (χ0v) is 30.2. The molecule has 278 valence electrons. The van der Waals surface area contributed by atoms with E-state index in [0.29, 0.717) is 70.3 Å². The molecule has 0 aliphatic carbocycles. The second-order valence-electron chi connectivity index (χ2n) is 12.9. The van der Waals surface area contributed by atoms with Crippen molar-refractivity contribution in [2.75, 3.05) is 36.4 Å². The Bertz CT molecular complexity index is 2130. The lowest BCUT2D eigenvalue weighted by Crippen LogP contribution is -2.44. The van der Waals surface area contributed by atoms with Crippen molar-refractivity contribution in [1.82, 2.24) is 15.0 Å². The Kier molecular flexibility index (Phi) is 11.5. The number of methoxy groups -OCH3 is 2. The number of nitrogens with zero attached hydrogens (tertiary/aromatic N) is 4. The highest BCUT2D eigenvalue weighted by atomic mass is 16.5. The van der Waals surface area contributed by atoms with E-state index < -0.39 is 17.4 Å². The molecule has 13 heteroatoms. The van der Waals surface area contributed by atoms with Gasteiger partial charge in [0, 0.05) is 59.8 Å². The van der Waals surface area contributed by atoms with Crippen LogP contribution in [-0.4, -0.2) is 63.8 Å². The predicted octanol–water partition coefficient (Wildman–Crippen LogP) is 5.35. The summed E-state index contributed by atoms with van der Waals surface area (Å²) in [4.78, 5) is 41.8. The lowest BCUT2D eigenvalue weighted by molar-refractivity contribution is -0.139. The molecule has 0 bridgehead atoms. The Morgan fingerprint density at radius 2 is 1.46 bits per heavy atom. The van der Waals surface area contributed by atoms with Gasteiger partial charge in [0.25, 0.3) is 17.7 Å². The van der Waals surface area contributed by atoms with E-state index in [1.54, 1.807) is 117 Å². The van der Waals surface area contributed by atoms with Gasteiger partial charge in [0.2, 0.25) is 0 Å². The molecule has 0 unspecified atom stereocenters. The largest absolute Gasteiger partial charge is 0.497 e. The van der Waals surface area contributed by atoms with E-state index in [1.807, 2.05) is 18.2 Å². The van der Waals surface area contributed by atoms with Gasteiger partial charge in [-0.05, 0) is 90.8 Å². The Balaban J connectivity index is 1.22. The maximum absolute atomic E-state index is 14.3. The normalized spacial score (nSPS) is 15.6. The summed E-state index contributed by atoms with van der Waals surface area (Å²) < 4.78 is 12.0. The minimum Gasteiger partial charge on any atom is -0.497 e. The number of hydrogen-bond donors (Lipinski definition) is 4. The van der Waals surface area contributed by atoms with Gasteiger partial charge in [0.15, 0.2) is 5.60 Å². The van der Waals surface area contributed by atoms with E-state index in [9.17, 15) is 19.5 Å². The number of aliphatic hydroxyl groups is 2.